The van der Waals surface area contributed by atoms with Gasteiger partial charge in [-0.05, 0) is 42.5 Å². The minimum atomic E-state index is 0.334. The quantitative estimate of drug-likeness (QED) is 0.737. The Hall–Kier alpha value is -1.02. The molecule has 0 bridgehead atoms. The van der Waals surface area contributed by atoms with Crippen LogP contribution in [0.3, 0.4) is 0 Å². The van der Waals surface area contributed by atoms with E-state index >= 15 is 0 Å². The van der Waals surface area contributed by atoms with Crippen molar-refractivity contribution in [1.29, 1.82) is 0 Å². The van der Waals surface area contributed by atoms with E-state index < -0.39 is 0 Å². The molecule has 1 N–H and O–H groups in total. The molecule has 1 rings (SSSR count). The largest absolute Gasteiger partial charge is 0.494 e. The molecule has 102 valence electrons. The minimum Gasteiger partial charge on any atom is -0.494 e. The van der Waals surface area contributed by atoms with Crippen molar-refractivity contribution in [3.63, 3.8) is 0 Å². The molecule has 2 heteroatoms. The lowest BCUT2D eigenvalue weighted by molar-refractivity contribution is 0.243. The maximum atomic E-state index is 5.80. The molecule has 0 amide bonds. The van der Waals surface area contributed by atoms with E-state index in [1.807, 2.05) is 6.07 Å². The van der Waals surface area contributed by atoms with Crippen LogP contribution in [0.1, 0.15) is 46.1 Å². The number of hydrogen-bond donors (Lipinski definition) is 1. The van der Waals surface area contributed by atoms with E-state index in [-0.39, 0.29) is 0 Å². The van der Waals surface area contributed by atoms with Crippen LogP contribution in [0.25, 0.3) is 0 Å². The fourth-order valence-electron chi connectivity index (χ4n) is 1.63. The highest BCUT2D eigenvalue weighted by Gasteiger charge is 2.09. The Morgan fingerprint density at radius 1 is 1.22 bits per heavy atom. The number of ether oxygens (including phenoxy) is 1. The second-order valence-electron chi connectivity index (χ2n) is 5.98. The molecule has 0 atom stereocenters. The summed E-state index contributed by atoms with van der Waals surface area (Å²) in [6.07, 6.45) is 2.24. The van der Waals surface area contributed by atoms with Crippen molar-refractivity contribution in [2.75, 3.05) is 13.2 Å². The van der Waals surface area contributed by atoms with Gasteiger partial charge in [0.2, 0.25) is 0 Å². The van der Waals surface area contributed by atoms with Crippen LogP contribution in [0.15, 0.2) is 24.3 Å². The van der Waals surface area contributed by atoms with E-state index in [4.69, 9.17) is 4.74 Å². The van der Waals surface area contributed by atoms with E-state index in [1.165, 1.54) is 12.0 Å². The van der Waals surface area contributed by atoms with Crippen molar-refractivity contribution in [2.45, 2.75) is 47.1 Å². The maximum absolute atomic E-state index is 5.80. The van der Waals surface area contributed by atoms with Gasteiger partial charge in [0.05, 0.1) is 6.61 Å². The minimum absolute atomic E-state index is 0.334. The Kier molecular flexibility index (Phi) is 6.20. The van der Waals surface area contributed by atoms with Crippen molar-refractivity contribution in [1.82, 2.24) is 5.32 Å². The summed E-state index contributed by atoms with van der Waals surface area (Å²) >= 11 is 0. The fraction of sp³-hybridized carbons (Fsp3) is 0.625. The Bertz CT molecular complexity index is 341. The van der Waals surface area contributed by atoms with Gasteiger partial charge >= 0.3 is 0 Å². The first-order chi connectivity index (χ1) is 8.51. The zero-order valence-corrected chi connectivity index (χ0v) is 12.3. The second-order valence-corrected chi connectivity index (χ2v) is 5.98. The molecule has 0 heterocycles. The number of nitrogens with one attached hydrogen (secondary N) is 1. The Morgan fingerprint density at radius 2 is 2.00 bits per heavy atom. The molecule has 0 radical (unpaired) electrons. The van der Waals surface area contributed by atoms with E-state index in [2.05, 4.69) is 51.2 Å². The van der Waals surface area contributed by atoms with Crippen molar-refractivity contribution < 1.29 is 4.74 Å². The summed E-state index contributed by atoms with van der Waals surface area (Å²) in [6.45, 7) is 11.7. The van der Waals surface area contributed by atoms with E-state index in [0.29, 0.717) is 5.41 Å². The first-order valence-corrected chi connectivity index (χ1v) is 6.94. The summed E-state index contributed by atoms with van der Waals surface area (Å²) in [5, 5.41) is 3.40. The third-order valence-electron chi connectivity index (χ3n) is 2.78. The van der Waals surface area contributed by atoms with Crippen LogP contribution < -0.4 is 10.1 Å². The number of hydrogen-bond acceptors (Lipinski definition) is 2. The van der Waals surface area contributed by atoms with Gasteiger partial charge in [0.25, 0.3) is 0 Å². The molecule has 18 heavy (non-hydrogen) atoms. The lowest BCUT2D eigenvalue weighted by Gasteiger charge is -2.18. The van der Waals surface area contributed by atoms with Crippen LogP contribution in [0.2, 0.25) is 0 Å². The SMILES string of the molecule is CCCNCc1cccc(OCCC(C)(C)C)c1. The first kappa shape index (κ1) is 15.0. The average molecular weight is 249 g/mol. The fourth-order valence-corrected chi connectivity index (χ4v) is 1.63. The lowest BCUT2D eigenvalue weighted by atomic mass is 9.93. The number of rotatable bonds is 7. The van der Waals surface area contributed by atoms with E-state index in [0.717, 1.165) is 31.9 Å². The lowest BCUT2D eigenvalue weighted by Crippen LogP contribution is -2.14. The molecule has 1 aromatic rings. The van der Waals surface area contributed by atoms with Crippen molar-refractivity contribution >= 4 is 0 Å². The third-order valence-corrected chi connectivity index (χ3v) is 2.78. The van der Waals surface area contributed by atoms with Crippen molar-refractivity contribution in [2.24, 2.45) is 5.41 Å². The summed E-state index contributed by atoms with van der Waals surface area (Å²) in [6, 6.07) is 8.37. The van der Waals surface area contributed by atoms with E-state index in [1.54, 1.807) is 0 Å². The molecule has 0 spiro atoms. The molecule has 0 aliphatic carbocycles. The summed E-state index contributed by atoms with van der Waals surface area (Å²) in [7, 11) is 0. The molecule has 1 aromatic carbocycles. The van der Waals surface area contributed by atoms with Gasteiger partial charge in [-0.2, -0.15) is 0 Å². The third kappa shape index (κ3) is 6.65. The Balaban J connectivity index is 2.39. The average Bonchev–Trinajstić information content (AvgIpc) is 2.28. The van der Waals surface area contributed by atoms with Gasteiger partial charge in [0, 0.05) is 6.54 Å². The van der Waals surface area contributed by atoms with Gasteiger partial charge in [0.15, 0.2) is 0 Å². The van der Waals surface area contributed by atoms with Gasteiger partial charge < -0.3 is 10.1 Å². The van der Waals surface area contributed by atoms with Crippen LogP contribution in [-0.4, -0.2) is 13.2 Å². The molecular formula is C16H27NO. The normalized spacial score (nSPS) is 11.6. The molecule has 0 aliphatic heterocycles. The molecule has 0 fully saturated rings. The molecule has 0 aromatic heterocycles. The van der Waals surface area contributed by atoms with Gasteiger partial charge in [-0.25, -0.2) is 0 Å². The van der Waals surface area contributed by atoms with E-state index in [9.17, 15) is 0 Å². The summed E-state index contributed by atoms with van der Waals surface area (Å²) in [5.41, 5.74) is 1.62. The second kappa shape index (κ2) is 7.42. The first-order valence-electron chi connectivity index (χ1n) is 6.94. The van der Waals surface area contributed by atoms with Crippen LogP contribution in [0.4, 0.5) is 0 Å². The van der Waals surface area contributed by atoms with Crippen molar-refractivity contribution in [3.8, 4) is 5.75 Å². The summed E-state index contributed by atoms with van der Waals surface area (Å²) in [5.74, 6) is 0.982. The predicted molar refractivity (Wildman–Crippen MR) is 78.0 cm³/mol. The standard InChI is InChI=1S/C16H27NO/c1-5-10-17-13-14-7-6-8-15(12-14)18-11-9-16(2,3)4/h6-8,12,17H,5,9-11,13H2,1-4H3. The highest BCUT2D eigenvalue weighted by Crippen LogP contribution is 2.20. The zero-order valence-electron chi connectivity index (χ0n) is 12.3. The van der Waals surface area contributed by atoms with Gasteiger partial charge in [-0.3, -0.25) is 0 Å². The number of benzene rings is 1. The Labute approximate surface area is 112 Å². The van der Waals surface area contributed by atoms with Gasteiger partial charge in [-0.1, -0.05) is 39.8 Å². The molecule has 0 unspecified atom stereocenters. The maximum Gasteiger partial charge on any atom is 0.119 e. The molecule has 0 saturated carbocycles. The molecule has 0 saturated heterocycles. The van der Waals surface area contributed by atoms with Crippen LogP contribution in [-0.2, 0) is 6.54 Å². The highest BCUT2D eigenvalue weighted by atomic mass is 16.5. The zero-order chi connectivity index (χ0) is 13.4. The predicted octanol–water partition coefficient (Wildman–Crippen LogP) is 4.00. The highest BCUT2D eigenvalue weighted by molar-refractivity contribution is 5.28. The summed E-state index contributed by atoms with van der Waals surface area (Å²) < 4.78 is 5.80. The molecule has 0 aliphatic rings. The van der Waals surface area contributed by atoms with Gasteiger partial charge in [0.1, 0.15) is 5.75 Å². The van der Waals surface area contributed by atoms with Crippen molar-refractivity contribution in [3.05, 3.63) is 29.8 Å². The molecular weight excluding hydrogens is 222 g/mol. The van der Waals surface area contributed by atoms with Gasteiger partial charge in [-0.15, -0.1) is 0 Å². The van der Waals surface area contributed by atoms with Crippen LogP contribution in [0, 0.1) is 5.41 Å². The topological polar surface area (TPSA) is 21.3 Å². The monoisotopic (exact) mass is 249 g/mol. The Morgan fingerprint density at radius 3 is 2.67 bits per heavy atom. The smallest absolute Gasteiger partial charge is 0.119 e. The molecule has 2 nitrogen and oxygen atoms in total. The summed E-state index contributed by atoms with van der Waals surface area (Å²) in [4.78, 5) is 0. The van der Waals surface area contributed by atoms with Crippen LogP contribution in [0.5, 0.6) is 5.75 Å². The van der Waals surface area contributed by atoms with Crippen LogP contribution >= 0.6 is 0 Å².